The maximum absolute atomic E-state index is 11.5. The van der Waals surface area contributed by atoms with Crippen LogP contribution in [0.15, 0.2) is 11.4 Å². The van der Waals surface area contributed by atoms with Gasteiger partial charge in [0.15, 0.2) is 0 Å². The quantitative estimate of drug-likeness (QED) is 0.727. The predicted molar refractivity (Wildman–Crippen MR) is 40.2 cm³/mol. The van der Waals surface area contributed by atoms with Crippen molar-refractivity contribution < 1.29 is 18.3 Å². The van der Waals surface area contributed by atoms with Crippen molar-refractivity contribution in [2.75, 3.05) is 5.73 Å². The Balaban J connectivity index is 2.72. The second-order valence-corrected chi connectivity index (χ2v) is 2.79. The molecule has 0 bridgehead atoms. The van der Waals surface area contributed by atoms with Crippen molar-refractivity contribution in [3.8, 4) is 0 Å². The Bertz CT molecular complexity index is 287. The van der Waals surface area contributed by atoms with Gasteiger partial charge in [-0.3, -0.25) is 0 Å². The molecule has 0 spiro atoms. The van der Waals surface area contributed by atoms with Gasteiger partial charge in [-0.05, 0) is 11.4 Å². The first kappa shape index (κ1) is 8.92. The van der Waals surface area contributed by atoms with Crippen LogP contribution in [-0.2, 0) is 4.74 Å². The Labute approximate surface area is 70.7 Å². The molecule has 0 amide bonds. The van der Waals surface area contributed by atoms with Crippen LogP contribution in [0.25, 0.3) is 0 Å². The van der Waals surface area contributed by atoms with E-state index in [2.05, 4.69) is 4.74 Å². The van der Waals surface area contributed by atoms with Gasteiger partial charge in [-0.2, -0.15) is 8.78 Å². The topological polar surface area (TPSA) is 52.3 Å². The van der Waals surface area contributed by atoms with Crippen LogP contribution in [-0.4, -0.2) is 12.6 Å². The number of alkyl halides is 2. The molecule has 6 heteroatoms. The van der Waals surface area contributed by atoms with E-state index in [1.807, 2.05) is 0 Å². The third kappa shape index (κ3) is 1.91. The fourth-order valence-electron chi connectivity index (χ4n) is 0.619. The molecule has 0 radical (unpaired) electrons. The third-order valence-corrected chi connectivity index (χ3v) is 1.99. The van der Waals surface area contributed by atoms with Crippen molar-refractivity contribution >= 4 is 23.0 Å². The lowest BCUT2D eigenvalue weighted by Crippen LogP contribution is -2.09. The molecule has 0 atom stereocenters. The van der Waals surface area contributed by atoms with Crippen molar-refractivity contribution in [2.24, 2.45) is 0 Å². The summed E-state index contributed by atoms with van der Waals surface area (Å²) in [5.41, 5.74) is 5.44. The number of carbonyl (C=O) groups is 1. The minimum atomic E-state index is -3.10. The van der Waals surface area contributed by atoms with Crippen LogP contribution in [0.2, 0.25) is 0 Å². The standard InChI is InChI=1S/C6H5F2NO2S/c7-6(8)11-5(10)4-3(9)1-2-12-4/h1-2,6H,9H2. The lowest BCUT2D eigenvalue weighted by Gasteiger charge is -2.00. The number of carbonyl (C=O) groups excluding carboxylic acids is 1. The van der Waals surface area contributed by atoms with Gasteiger partial charge in [-0.25, -0.2) is 4.79 Å². The number of rotatable bonds is 2. The summed E-state index contributed by atoms with van der Waals surface area (Å²) in [6.45, 7) is -3.10. The van der Waals surface area contributed by atoms with Gasteiger partial charge < -0.3 is 10.5 Å². The zero-order chi connectivity index (χ0) is 9.14. The van der Waals surface area contributed by atoms with Crippen molar-refractivity contribution in [2.45, 2.75) is 6.61 Å². The molecular weight excluding hydrogens is 188 g/mol. The zero-order valence-electron chi connectivity index (χ0n) is 5.79. The summed E-state index contributed by atoms with van der Waals surface area (Å²) in [6, 6.07) is 1.45. The third-order valence-electron chi connectivity index (χ3n) is 1.08. The average molecular weight is 193 g/mol. The number of esters is 1. The lowest BCUT2D eigenvalue weighted by molar-refractivity contribution is -0.0902. The van der Waals surface area contributed by atoms with E-state index in [1.54, 1.807) is 0 Å². The molecule has 12 heavy (non-hydrogen) atoms. The Morgan fingerprint density at radius 1 is 1.67 bits per heavy atom. The smallest absolute Gasteiger partial charge is 0.389 e. The molecule has 1 rings (SSSR count). The van der Waals surface area contributed by atoms with Crippen LogP contribution in [0.5, 0.6) is 0 Å². The Hall–Kier alpha value is -1.17. The molecule has 0 fully saturated rings. The molecule has 0 saturated carbocycles. The highest BCUT2D eigenvalue weighted by Crippen LogP contribution is 2.20. The number of anilines is 1. The summed E-state index contributed by atoms with van der Waals surface area (Å²) < 4.78 is 26.7. The number of halogens is 2. The molecule has 0 aliphatic rings. The van der Waals surface area contributed by atoms with Crippen LogP contribution >= 0.6 is 11.3 Å². The van der Waals surface area contributed by atoms with Crippen molar-refractivity contribution in [3.63, 3.8) is 0 Å². The molecular formula is C6H5F2NO2S. The van der Waals surface area contributed by atoms with Crippen LogP contribution in [0, 0.1) is 0 Å². The SMILES string of the molecule is Nc1ccsc1C(=O)OC(F)F. The van der Waals surface area contributed by atoms with Gasteiger partial charge in [0, 0.05) is 0 Å². The summed E-state index contributed by atoms with van der Waals surface area (Å²) >= 11 is 0.967. The Morgan fingerprint density at radius 3 is 2.75 bits per heavy atom. The molecule has 2 N–H and O–H groups in total. The number of hydrogen-bond donors (Lipinski definition) is 1. The average Bonchev–Trinajstić information content (AvgIpc) is 2.33. The van der Waals surface area contributed by atoms with Gasteiger partial charge in [0.1, 0.15) is 4.88 Å². The highest BCUT2D eigenvalue weighted by Gasteiger charge is 2.16. The minimum absolute atomic E-state index is 0.00954. The molecule has 1 aromatic rings. The van der Waals surface area contributed by atoms with E-state index in [4.69, 9.17) is 5.73 Å². The second-order valence-electron chi connectivity index (χ2n) is 1.87. The molecule has 1 heterocycles. The van der Waals surface area contributed by atoms with E-state index in [-0.39, 0.29) is 10.6 Å². The van der Waals surface area contributed by atoms with E-state index in [0.717, 1.165) is 11.3 Å². The van der Waals surface area contributed by atoms with E-state index in [1.165, 1.54) is 11.4 Å². The summed E-state index contributed by atoms with van der Waals surface area (Å²) in [4.78, 5) is 10.8. The number of nitrogens with two attached hydrogens (primary N) is 1. The number of hydrogen-bond acceptors (Lipinski definition) is 4. The molecule has 3 nitrogen and oxygen atoms in total. The van der Waals surface area contributed by atoms with E-state index in [0.29, 0.717) is 0 Å². The van der Waals surface area contributed by atoms with Crippen LogP contribution < -0.4 is 5.73 Å². The molecule has 1 aromatic heterocycles. The first-order chi connectivity index (χ1) is 5.61. The summed E-state index contributed by atoms with van der Waals surface area (Å²) in [6.07, 6.45) is 0. The van der Waals surface area contributed by atoms with Crippen molar-refractivity contribution in [1.29, 1.82) is 0 Å². The van der Waals surface area contributed by atoms with Crippen LogP contribution in [0.4, 0.5) is 14.5 Å². The number of nitrogen functional groups attached to an aromatic ring is 1. The maximum atomic E-state index is 11.5. The summed E-state index contributed by atoms with van der Waals surface area (Å²) in [5.74, 6) is -1.09. The van der Waals surface area contributed by atoms with Gasteiger partial charge >= 0.3 is 12.6 Å². The van der Waals surface area contributed by atoms with Gasteiger partial charge in [-0.15, -0.1) is 11.3 Å². The summed E-state index contributed by atoms with van der Waals surface area (Å²) in [5, 5.41) is 1.53. The molecule has 0 unspecified atom stereocenters. The van der Waals surface area contributed by atoms with E-state index in [9.17, 15) is 13.6 Å². The highest BCUT2D eigenvalue weighted by molar-refractivity contribution is 7.12. The first-order valence-corrected chi connectivity index (χ1v) is 3.81. The number of thiophene rings is 1. The summed E-state index contributed by atoms with van der Waals surface area (Å²) in [7, 11) is 0. The Morgan fingerprint density at radius 2 is 2.33 bits per heavy atom. The van der Waals surface area contributed by atoms with Gasteiger partial charge in [0.2, 0.25) is 0 Å². The normalized spacial score (nSPS) is 10.2. The number of ether oxygens (including phenoxy) is 1. The Kier molecular flexibility index (Phi) is 2.59. The molecule has 0 saturated heterocycles. The van der Waals surface area contributed by atoms with E-state index < -0.39 is 12.6 Å². The molecule has 66 valence electrons. The second kappa shape index (κ2) is 3.48. The van der Waals surface area contributed by atoms with Crippen molar-refractivity contribution in [1.82, 2.24) is 0 Å². The minimum Gasteiger partial charge on any atom is -0.399 e. The monoisotopic (exact) mass is 193 g/mol. The molecule has 0 aromatic carbocycles. The van der Waals surface area contributed by atoms with Crippen LogP contribution in [0.3, 0.4) is 0 Å². The molecule has 0 aliphatic heterocycles. The van der Waals surface area contributed by atoms with Gasteiger partial charge in [0.25, 0.3) is 0 Å². The zero-order valence-corrected chi connectivity index (χ0v) is 6.61. The van der Waals surface area contributed by atoms with E-state index >= 15 is 0 Å². The van der Waals surface area contributed by atoms with Gasteiger partial charge in [0.05, 0.1) is 5.69 Å². The van der Waals surface area contributed by atoms with Crippen LogP contribution in [0.1, 0.15) is 9.67 Å². The predicted octanol–water partition coefficient (Wildman–Crippen LogP) is 1.71. The van der Waals surface area contributed by atoms with Crippen molar-refractivity contribution in [3.05, 3.63) is 16.3 Å². The maximum Gasteiger partial charge on any atom is 0.389 e. The largest absolute Gasteiger partial charge is 0.399 e. The fraction of sp³-hybridized carbons (Fsp3) is 0.167. The lowest BCUT2D eigenvalue weighted by atomic mass is 10.4. The highest BCUT2D eigenvalue weighted by atomic mass is 32.1. The fourth-order valence-corrected chi connectivity index (χ4v) is 1.32. The molecule has 0 aliphatic carbocycles. The van der Waals surface area contributed by atoms with Gasteiger partial charge in [-0.1, -0.05) is 0 Å². The first-order valence-electron chi connectivity index (χ1n) is 2.93.